The standard InChI is InChI=1S/C25H32Br2O4/c1-3-28-13-15-30-11-9-25(10-12-31-16-14-29-4-2)23-17-19(26)5-7-21(23)22-8-6-20(27)18-24(22)25/h5-8,17-18H,3-4,9-16H2,1-2H3. The molecule has 0 aromatic heterocycles. The summed E-state index contributed by atoms with van der Waals surface area (Å²) in [5, 5.41) is 0. The van der Waals surface area contributed by atoms with E-state index >= 15 is 0 Å². The van der Waals surface area contributed by atoms with Gasteiger partial charge in [0.05, 0.1) is 26.4 Å². The van der Waals surface area contributed by atoms with Crippen molar-refractivity contribution >= 4 is 31.9 Å². The molecule has 0 bridgehead atoms. The summed E-state index contributed by atoms with van der Waals surface area (Å²) in [4.78, 5) is 0. The van der Waals surface area contributed by atoms with Gasteiger partial charge in [-0.1, -0.05) is 44.0 Å². The maximum Gasteiger partial charge on any atom is 0.0700 e. The third-order valence-electron chi connectivity index (χ3n) is 5.78. The minimum absolute atomic E-state index is 0.157. The first-order valence-corrected chi connectivity index (χ1v) is 12.6. The predicted molar refractivity (Wildman–Crippen MR) is 132 cm³/mol. The Labute approximate surface area is 202 Å². The molecule has 1 aliphatic carbocycles. The first kappa shape index (κ1) is 24.9. The molecule has 0 saturated heterocycles. The molecule has 0 aliphatic heterocycles. The van der Waals surface area contributed by atoms with Gasteiger partial charge >= 0.3 is 0 Å². The van der Waals surface area contributed by atoms with E-state index in [2.05, 4.69) is 68.3 Å². The summed E-state index contributed by atoms with van der Waals surface area (Å²) in [5.41, 5.74) is 5.13. The SMILES string of the molecule is CCOCCOCCC1(CCOCCOCC)c2cc(Br)ccc2-c2ccc(Br)cc21. The number of rotatable bonds is 14. The van der Waals surface area contributed by atoms with Gasteiger partial charge in [-0.05, 0) is 73.2 Å². The van der Waals surface area contributed by atoms with Crippen LogP contribution in [-0.2, 0) is 24.4 Å². The third kappa shape index (κ3) is 6.18. The highest BCUT2D eigenvalue weighted by atomic mass is 79.9. The van der Waals surface area contributed by atoms with Gasteiger partial charge in [-0.3, -0.25) is 0 Å². The molecule has 0 unspecified atom stereocenters. The number of ether oxygens (including phenoxy) is 4. The molecule has 0 heterocycles. The number of fused-ring (bicyclic) bond motifs is 3. The molecule has 4 nitrogen and oxygen atoms in total. The molecular weight excluding hydrogens is 524 g/mol. The number of hydrogen-bond donors (Lipinski definition) is 0. The average Bonchev–Trinajstić information content (AvgIpc) is 3.02. The smallest absolute Gasteiger partial charge is 0.0700 e. The second-order valence-corrected chi connectivity index (χ2v) is 9.41. The lowest BCUT2D eigenvalue weighted by Gasteiger charge is -2.32. The average molecular weight is 556 g/mol. The third-order valence-corrected chi connectivity index (χ3v) is 6.77. The fourth-order valence-electron chi connectivity index (χ4n) is 4.32. The monoisotopic (exact) mass is 554 g/mol. The predicted octanol–water partition coefficient (Wildman–Crippen LogP) is 6.36. The number of hydrogen-bond acceptors (Lipinski definition) is 4. The fraction of sp³-hybridized carbons (Fsp3) is 0.520. The number of benzene rings is 2. The summed E-state index contributed by atoms with van der Waals surface area (Å²) in [6, 6.07) is 13.2. The molecule has 0 amide bonds. The van der Waals surface area contributed by atoms with Crippen LogP contribution < -0.4 is 0 Å². The van der Waals surface area contributed by atoms with Gasteiger partial charge in [-0.15, -0.1) is 0 Å². The van der Waals surface area contributed by atoms with E-state index in [4.69, 9.17) is 18.9 Å². The van der Waals surface area contributed by atoms with Crippen molar-refractivity contribution in [2.45, 2.75) is 32.1 Å². The Hall–Kier alpha value is -0.760. The van der Waals surface area contributed by atoms with Crippen LogP contribution in [0.4, 0.5) is 0 Å². The molecule has 0 saturated carbocycles. The van der Waals surface area contributed by atoms with Crippen molar-refractivity contribution < 1.29 is 18.9 Å². The second-order valence-electron chi connectivity index (χ2n) is 7.58. The number of halogens is 2. The van der Waals surface area contributed by atoms with E-state index in [0.29, 0.717) is 39.6 Å². The van der Waals surface area contributed by atoms with Gasteiger partial charge in [0, 0.05) is 40.8 Å². The van der Waals surface area contributed by atoms with Gasteiger partial charge in [0.25, 0.3) is 0 Å². The van der Waals surface area contributed by atoms with E-state index < -0.39 is 0 Å². The highest BCUT2D eigenvalue weighted by Gasteiger charge is 2.42. The van der Waals surface area contributed by atoms with Crippen LogP contribution in [0.1, 0.15) is 37.8 Å². The zero-order valence-corrected chi connectivity index (χ0v) is 21.6. The lowest BCUT2D eigenvalue weighted by molar-refractivity contribution is 0.0356. The molecular formula is C25H32Br2O4. The highest BCUT2D eigenvalue weighted by Crippen LogP contribution is 2.53. The lowest BCUT2D eigenvalue weighted by atomic mass is 9.73. The van der Waals surface area contributed by atoms with E-state index in [-0.39, 0.29) is 5.41 Å². The molecule has 1 aliphatic rings. The van der Waals surface area contributed by atoms with Crippen LogP contribution in [0, 0.1) is 0 Å². The largest absolute Gasteiger partial charge is 0.379 e. The first-order chi connectivity index (χ1) is 15.1. The molecule has 170 valence electrons. The van der Waals surface area contributed by atoms with Crippen molar-refractivity contribution in [3.8, 4) is 11.1 Å². The van der Waals surface area contributed by atoms with Crippen molar-refractivity contribution in [1.29, 1.82) is 0 Å². The second kappa shape index (κ2) is 12.5. The molecule has 31 heavy (non-hydrogen) atoms. The van der Waals surface area contributed by atoms with Gasteiger partial charge in [0.1, 0.15) is 0 Å². The maximum absolute atomic E-state index is 5.96. The molecule has 2 aromatic rings. The van der Waals surface area contributed by atoms with Gasteiger partial charge in [0.15, 0.2) is 0 Å². The minimum atomic E-state index is -0.157. The Balaban J connectivity index is 1.85. The maximum atomic E-state index is 5.96. The lowest BCUT2D eigenvalue weighted by Crippen LogP contribution is -2.29. The minimum Gasteiger partial charge on any atom is -0.379 e. The molecule has 0 fully saturated rings. The van der Waals surface area contributed by atoms with Crippen molar-refractivity contribution in [3.63, 3.8) is 0 Å². The van der Waals surface area contributed by atoms with Gasteiger partial charge in [0.2, 0.25) is 0 Å². The summed E-state index contributed by atoms with van der Waals surface area (Å²) < 4.78 is 24.9. The van der Waals surface area contributed by atoms with Crippen LogP contribution in [0.2, 0.25) is 0 Å². The zero-order valence-electron chi connectivity index (χ0n) is 18.4. The van der Waals surface area contributed by atoms with Gasteiger partial charge in [-0.2, -0.15) is 0 Å². The summed E-state index contributed by atoms with van der Waals surface area (Å²) in [7, 11) is 0. The summed E-state index contributed by atoms with van der Waals surface area (Å²) >= 11 is 7.38. The fourth-order valence-corrected chi connectivity index (χ4v) is 5.05. The molecule has 0 spiro atoms. The van der Waals surface area contributed by atoms with Crippen molar-refractivity contribution in [2.75, 3.05) is 52.9 Å². The molecule has 3 rings (SSSR count). The van der Waals surface area contributed by atoms with E-state index in [1.54, 1.807) is 0 Å². The Bertz CT molecular complexity index is 771. The zero-order chi connectivity index (χ0) is 22.1. The van der Waals surface area contributed by atoms with Crippen LogP contribution in [0.3, 0.4) is 0 Å². The van der Waals surface area contributed by atoms with Gasteiger partial charge in [-0.25, -0.2) is 0 Å². The van der Waals surface area contributed by atoms with Crippen molar-refractivity contribution in [2.24, 2.45) is 0 Å². The molecule has 6 heteroatoms. The summed E-state index contributed by atoms with van der Waals surface area (Å²) in [5.74, 6) is 0. The van der Waals surface area contributed by atoms with Crippen LogP contribution in [0.5, 0.6) is 0 Å². The van der Waals surface area contributed by atoms with Crippen LogP contribution >= 0.6 is 31.9 Å². The summed E-state index contributed by atoms with van der Waals surface area (Å²) in [6.45, 7) is 9.28. The molecule has 0 atom stereocenters. The van der Waals surface area contributed by atoms with E-state index in [0.717, 1.165) is 35.0 Å². The first-order valence-electron chi connectivity index (χ1n) is 11.0. The van der Waals surface area contributed by atoms with E-state index in [1.807, 2.05) is 13.8 Å². The normalized spacial score (nSPS) is 13.9. The Kier molecular flexibility index (Phi) is 10.0. The summed E-state index contributed by atoms with van der Waals surface area (Å²) in [6.07, 6.45) is 1.78. The molecule has 0 N–H and O–H groups in total. The van der Waals surface area contributed by atoms with E-state index in [1.165, 1.54) is 22.3 Å². The van der Waals surface area contributed by atoms with Crippen LogP contribution in [-0.4, -0.2) is 52.9 Å². The quantitative estimate of drug-likeness (QED) is 0.254. The van der Waals surface area contributed by atoms with Crippen molar-refractivity contribution in [3.05, 3.63) is 56.5 Å². The van der Waals surface area contributed by atoms with Crippen LogP contribution in [0.25, 0.3) is 11.1 Å². The molecule has 0 radical (unpaired) electrons. The van der Waals surface area contributed by atoms with Crippen molar-refractivity contribution in [1.82, 2.24) is 0 Å². The van der Waals surface area contributed by atoms with Crippen LogP contribution in [0.15, 0.2) is 45.3 Å². The van der Waals surface area contributed by atoms with E-state index in [9.17, 15) is 0 Å². The highest BCUT2D eigenvalue weighted by molar-refractivity contribution is 9.10. The Morgan fingerprint density at radius 1 is 0.613 bits per heavy atom. The Morgan fingerprint density at radius 2 is 1.03 bits per heavy atom. The molecule has 2 aromatic carbocycles. The topological polar surface area (TPSA) is 36.9 Å². The van der Waals surface area contributed by atoms with Gasteiger partial charge < -0.3 is 18.9 Å². The Morgan fingerprint density at radius 3 is 1.45 bits per heavy atom.